The van der Waals surface area contributed by atoms with Crippen LogP contribution in [0.4, 0.5) is 0 Å². The third kappa shape index (κ3) is 8.00. The predicted octanol–water partition coefficient (Wildman–Crippen LogP) is 2.18. The lowest BCUT2D eigenvalue weighted by Crippen LogP contribution is -2.49. The molecule has 2 fully saturated rings. The first-order valence-electron chi connectivity index (χ1n) is 8.02. The molecule has 1 aliphatic heterocycles. The van der Waals surface area contributed by atoms with Crippen LogP contribution in [-0.4, -0.2) is 73.0 Å². The van der Waals surface area contributed by atoms with Crippen LogP contribution >= 0.6 is 24.8 Å². The van der Waals surface area contributed by atoms with Crippen molar-refractivity contribution < 1.29 is 9.84 Å². The molecule has 1 heterocycles. The summed E-state index contributed by atoms with van der Waals surface area (Å²) in [7, 11) is 0. The molecule has 4 nitrogen and oxygen atoms in total. The van der Waals surface area contributed by atoms with Crippen molar-refractivity contribution in [3.63, 3.8) is 0 Å². The molecule has 0 aromatic heterocycles. The predicted molar refractivity (Wildman–Crippen MR) is 91.9 cm³/mol. The van der Waals surface area contributed by atoms with E-state index in [1.807, 2.05) is 0 Å². The maximum atomic E-state index is 10.1. The monoisotopic (exact) mass is 342 g/mol. The molecule has 0 aromatic carbocycles. The highest BCUT2D eigenvalue weighted by molar-refractivity contribution is 5.85. The van der Waals surface area contributed by atoms with Gasteiger partial charge >= 0.3 is 0 Å². The van der Waals surface area contributed by atoms with Gasteiger partial charge in [-0.25, -0.2) is 0 Å². The Morgan fingerprint density at radius 1 is 1.00 bits per heavy atom. The van der Waals surface area contributed by atoms with Crippen molar-refractivity contribution in [2.24, 2.45) is 0 Å². The van der Waals surface area contributed by atoms with E-state index >= 15 is 0 Å². The fraction of sp³-hybridized carbons (Fsp3) is 1.00. The molecule has 1 aliphatic carbocycles. The Balaban J connectivity index is 0.00000200. The van der Waals surface area contributed by atoms with Gasteiger partial charge in [-0.2, -0.15) is 0 Å². The maximum absolute atomic E-state index is 10.1. The van der Waals surface area contributed by atoms with Gasteiger partial charge in [-0.05, 0) is 19.4 Å². The molecule has 0 bridgehead atoms. The summed E-state index contributed by atoms with van der Waals surface area (Å²) in [6, 6.07) is 0. The number of nitrogens with zero attached hydrogens (tertiary/aromatic N) is 2. The SMILES string of the molecule is CCN1CCN(CC(O)COC2CCCCC2)CC1.Cl.Cl. The molecule has 2 rings (SSSR count). The molecular weight excluding hydrogens is 311 g/mol. The first-order valence-corrected chi connectivity index (χ1v) is 8.02. The number of aliphatic hydroxyl groups excluding tert-OH is 1. The van der Waals surface area contributed by atoms with E-state index in [2.05, 4.69) is 16.7 Å². The Labute approximate surface area is 142 Å². The number of halogens is 2. The highest BCUT2D eigenvalue weighted by atomic mass is 35.5. The van der Waals surface area contributed by atoms with E-state index in [1.54, 1.807) is 0 Å². The van der Waals surface area contributed by atoms with Gasteiger partial charge in [0.2, 0.25) is 0 Å². The van der Waals surface area contributed by atoms with Crippen LogP contribution in [0.15, 0.2) is 0 Å². The van der Waals surface area contributed by atoms with Crippen LogP contribution in [0.2, 0.25) is 0 Å². The minimum absolute atomic E-state index is 0. The Kier molecular flexibility index (Phi) is 12.2. The minimum Gasteiger partial charge on any atom is -0.389 e. The van der Waals surface area contributed by atoms with Gasteiger partial charge in [-0.15, -0.1) is 24.8 Å². The van der Waals surface area contributed by atoms with Crippen LogP contribution in [-0.2, 0) is 4.74 Å². The van der Waals surface area contributed by atoms with Gasteiger partial charge in [-0.1, -0.05) is 26.2 Å². The second-order valence-electron chi connectivity index (χ2n) is 5.98. The summed E-state index contributed by atoms with van der Waals surface area (Å²) in [4.78, 5) is 4.82. The van der Waals surface area contributed by atoms with Crippen molar-refractivity contribution >= 4 is 24.8 Å². The zero-order valence-electron chi connectivity index (χ0n) is 13.2. The molecule has 1 saturated heterocycles. The lowest BCUT2D eigenvalue weighted by molar-refractivity contribution is -0.0368. The zero-order valence-corrected chi connectivity index (χ0v) is 14.8. The van der Waals surface area contributed by atoms with Crippen LogP contribution in [0.1, 0.15) is 39.0 Å². The highest BCUT2D eigenvalue weighted by Crippen LogP contribution is 2.20. The second kappa shape index (κ2) is 11.9. The second-order valence-corrected chi connectivity index (χ2v) is 5.98. The number of β-amino-alcohol motifs (C(OH)–C–C–N with tert-alkyl or cyclic N) is 1. The summed E-state index contributed by atoms with van der Waals surface area (Å²) in [5, 5.41) is 10.1. The minimum atomic E-state index is -0.324. The molecule has 0 amide bonds. The van der Waals surface area contributed by atoms with Crippen molar-refractivity contribution in [2.45, 2.75) is 51.2 Å². The average Bonchev–Trinajstić information content (AvgIpc) is 2.47. The Bertz CT molecular complexity index is 246. The number of likely N-dealkylation sites (N-methyl/N-ethyl adjacent to an activating group) is 1. The average molecular weight is 343 g/mol. The summed E-state index contributed by atoms with van der Waals surface area (Å²) in [5.41, 5.74) is 0. The molecule has 21 heavy (non-hydrogen) atoms. The number of aliphatic hydroxyl groups is 1. The van der Waals surface area contributed by atoms with Gasteiger partial charge in [0.15, 0.2) is 0 Å². The lowest BCUT2D eigenvalue weighted by Gasteiger charge is -2.35. The van der Waals surface area contributed by atoms with Gasteiger partial charge in [0.05, 0.1) is 18.8 Å². The molecule has 0 spiro atoms. The topological polar surface area (TPSA) is 35.9 Å². The van der Waals surface area contributed by atoms with Crippen molar-refractivity contribution in [1.29, 1.82) is 0 Å². The molecule has 1 atom stereocenters. The summed E-state index contributed by atoms with van der Waals surface area (Å²) >= 11 is 0. The van der Waals surface area contributed by atoms with Crippen molar-refractivity contribution in [1.82, 2.24) is 9.80 Å². The van der Waals surface area contributed by atoms with E-state index in [1.165, 1.54) is 32.1 Å². The third-order valence-corrected chi connectivity index (χ3v) is 4.46. The number of ether oxygens (including phenoxy) is 1. The van der Waals surface area contributed by atoms with Crippen LogP contribution in [0.25, 0.3) is 0 Å². The smallest absolute Gasteiger partial charge is 0.0900 e. The van der Waals surface area contributed by atoms with Gasteiger partial charge in [-0.3, -0.25) is 4.90 Å². The number of rotatable bonds is 6. The largest absolute Gasteiger partial charge is 0.389 e. The van der Waals surface area contributed by atoms with E-state index < -0.39 is 0 Å². The zero-order chi connectivity index (χ0) is 13.5. The fourth-order valence-electron chi connectivity index (χ4n) is 3.12. The van der Waals surface area contributed by atoms with Crippen LogP contribution in [0, 0.1) is 0 Å². The number of piperazine rings is 1. The molecule has 1 N–H and O–H groups in total. The lowest BCUT2D eigenvalue weighted by atomic mass is 9.98. The van der Waals surface area contributed by atoms with Gasteiger partial charge in [0.1, 0.15) is 0 Å². The standard InChI is InChI=1S/C15H30N2O2.2ClH/c1-2-16-8-10-17(11-9-16)12-14(18)13-19-15-6-4-3-5-7-15;;/h14-15,18H,2-13H2,1H3;2*1H. The van der Waals surface area contributed by atoms with Crippen molar-refractivity contribution in [3.8, 4) is 0 Å². The van der Waals surface area contributed by atoms with E-state index in [4.69, 9.17) is 4.74 Å². The summed E-state index contributed by atoms with van der Waals surface area (Å²) < 4.78 is 5.84. The van der Waals surface area contributed by atoms with E-state index in [0.717, 1.165) is 39.3 Å². The van der Waals surface area contributed by atoms with Gasteiger partial charge in [0, 0.05) is 32.7 Å². The number of hydrogen-bond donors (Lipinski definition) is 1. The quantitative estimate of drug-likeness (QED) is 0.802. The van der Waals surface area contributed by atoms with Gasteiger partial charge < -0.3 is 14.7 Å². The number of hydrogen-bond acceptors (Lipinski definition) is 4. The Morgan fingerprint density at radius 3 is 2.14 bits per heavy atom. The van der Waals surface area contributed by atoms with Crippen LogP contribution in [0.5, 0.6) is 0 Å². The van der Waals surface area contributed by atoms with E-state index in [9.17, 15) is 5.11 Å². The van der Waals surface area contributed by atoms with E-state index in [-0.39, 0.29) is 30.9 Å². The van der Waals surface area contributed by atoms with Crippen molar-refractivity contribution in [2.75, 3.05) is 45.9 Å². The van der Waals surface area contributed by atoms with Crippen LogP contribution in [0.3, 0.4) is 0 Å². The molecule has 128 valence electrons. The maximum Gasteiger partial charge on any atom is 0.0900 e. The first-order chi connectivity index (χ1) is 9.28. The molecule has 0 aromatic rings. The van der Waals surface area contributed by atoms with Crippen molar-refractivity contribution in [3.05, 3.63) is 0 Å². The Morgan fingerprint density at radius 2 is 1.57 bits per heavy atom. The summed E-state index contributed by atoms with van der Waals surface area (Å²) in [6.45, 7) is 9.05. The normalized spacial score (nSPS) is 23.1. The highest BCUT2D eigenvalue weighted by Gasteiger charge is 2.20. The molecule has 2 aliphatic rings. The first kappa shape index (κ1) is 21.4. The third-order valence-electron chi connectivity index (χ3n) is 4.46. The molecule has 1 unspecified atom stereocenters. The fourth-order valence-corrected chi connectivity index (χ4v) is 3.12. The van der Waals surface area contributed by atoms with E-state index in [0.29, 0.717) is 12.7 Å². The molecular formula is C15H32Cl2N2O2. The van der Waals surface area contributed by atoms with Crippen LogP contribution < -0.4 is 0 Å². The van der Waals surface area contributed by atoms with Gasteiger partial charge in [0.25, 0.3) is 0 Å². The Hall–Kier alpha value is 0.420. The summed E-state index contributed by atoms with van der Waals surface area (Å²) in [5.74, 6) is 0. The summed E-state index contributed by atoms with van der Waals surface area (Å²) in [6.07, 6.45) is 6.38. The molecule has 6 heteroatoms. The molecule has 0 radical (unpaired) electrons. The molecule has 1 saturated carbocycles.